The Hall–Kier alpha value is -3.09. The monoisotopic (exact) mass is 494 g/mol. The fourth-order valence-electron chi connectivity index (χ4n) is 3.10. The van der Waals surface area contributed by atoms with Crippen molar-refractivity contribution >= 4 is 17.6 Å². The number of halogens is 6. The minimum absolute atomic E-state index is 0.0528. The van der Waals surface area contributed by atoms with Crippen LogP contribution in [0.15, 0.2) is 28.8 Å². The molecule has 0 bridgehead atoms. The van der Waals surface area contributed by atoms with Gasteiger partial charge in [0.2, 0.25) is 5.91 Å². The van der Waals surface area contributed by atoms with Crippen molar-refractivity contribution in [1.29, 1.82) is 0 Å². The number of nitrogens with one attached hydrogen (secondary N) is 1. The van der Waals surface area contributed by atoms with Gasteiger partial charge in [0.15, 0.2) is 5.82 Å². The average molecular weight is 494 g/mol. The average Bonchev–Trinajstić information content (AvgIpc) is 3.15. The number of aromatic nitrogens is 1. The zero-order chi connectivity index (χ0) is 25.7. The summed E-state index contributed by atoms with van der Waals surface area (Å²) < 4.78 is 84.1. The summed E-state index contributed by atoms with van der Waals surface area (Å²) in [5, 5.41) is 5.95. The van der Waals surface area contributed by atoms with Crippen molar-refractivity contribution in [2.45, 2.75) is 33.1 Å². The number of likely N-dealkylation sites (N-methyl/N-ethyl adjacent to an activating group) is 1. The second-order valence-electron chi connectivity index (χ2n) is 7.42. The second-order valence-corrected chi connectivity index (χ2v) is 7.42. The van der Waals surface area contributed by atoms with E-state index in [0.717, 1.165) is 4.90 Å². The van der Waals surface area contributed by atoms with Crippen molar-refractivity contribution in [3.63, 3.8) is 0 Å². The summed E-state index contributed by atoms with van der Waals surface area (Å²) in [6.07, 6.45) is -10.2. The molecule has 1 aromatic carbocycles. The highest BCUT2D eigenvalue weighted by Gasteiger charge is 2.38. The van der Waals surface area contributed by atoms with Crippen LogP contribution in [0.5, 0.6) is 0 Å². The van der Waals surface area contributed by atoms with Crippen LogP contribution >= 0.6 is 0 Å². The van der Waals surface area contributed by atoms with Gasteiger partial charge in [0.05, 0.1) is 11.1 Å². The molecule has 0 aliphatic rings. The molecule has 34 heavy (non-hydrogen) atoms. The summed E-state index contributed by atoms with van der Waals surface area (Å²) in [6.45, 7) is 5.96. The third-order valence-corrected chi connectivity index (χ3v) is 4.93. The summed E-state index contributed by atoms with van der Waals surface area (Å²) in [7, 11) is 0. The molecule has 1 aromatic heterocycles. The van der Waals surface area contributed by atoms with Gasteiger partial charge in [-0.2, -0.15) is 26.3 Å². The van der Waals surface area contributed by atoms with Gasteiger partial charge in [0, 0.05) is 24.7 Å². The van der Waals surface area contributed by atoms with E-state index in [0.29, 0.717) is 31.0 Å². The largest absolute Gasteiger partial charge is 0.416 e. The summed E-state index contributed by atoms with van der Waals surface area (Å²) in [6, 6.07) is 2.04. The highest BCUT2D eigenvalue weighted by atomic mass is 19.4. The maximum atomic E-state index is 13.2. The Bertz CT molecular complexity index is 967. The number of aryl methyl sites for hydroxylation is 1. The first-order chi connectivity index (χ1) is 15.7. The van der Waals surface area contributed by atoms with Crippen molar-refractivity contribution in [2.75, 3.05) is 38.0 Å². The van der Waals surface area contributed by atoms with Gasteiger partial charge in [-0.05, 0) is 38.2 Å². The molecule has 13 heteroatoms. The van der Waals surface area contributed by atoms with E-state index in [1.807, 2.05) is 18.7 Å². The number of hydrogen-bond donors (Lipinski definition) is 1. The third kappa shape index (κ3) is 7.47. The van der Waals surface area contributed by atoms with Crippen LogP contribution in [0.1, 0.15) is 41.1 Å². The molecule has 7 nitrogen and oxygen atoms in total. The summed E-state index contributed by atoms with van der Waals surface area (Å²) >= 11 is 0. The molecule has 0 saturated carbocycles. The molecule has 0 aliphatic heterocycles. The van der Waals surface area contributed by atoms with E-state index in [1.165, 1.54) is 6.07 Å². The van der Waals surface area contributed by atoms with E-state index in [-0.39, 0.29) is 25.0 Å². The number of nitrogens with zero attached hydrogens (tertiary/aromatic N) is 3. The Morgan fingerprint density at radius 2 is 1.50 bits per heavy atom. The lowest BCUT2D eigenvalue weighted by Crippen LogP contribution is -2.43. The smallest absolute Gasteiger partial charge is 0.360 e. The van der Waals surface area contributed by atoms with E-state index in [9.17, 15) is 35.9 Å². The first-order valence-electron chi connectivity index (χ1n) is 10.3. The number of alkyl halides is 6. The molecule has 0 aliphatic carbocycles. The van der Waals surface area contributed by atoms with Crippen LogP contribution in [0.3, 0.4) is 0 Å². The number of amides is 2. The topological polar surface area (TPSA) is 78.7 Å². The summed E-state index contributed by atoms with van der Waals surface area (Å²) in [5.41, 5.74) is -4.06. The van der Waals surface area contributed by atoms with Crippen LogP contribution in [0, 0.1) is 6.92 Å². The molecular weight excluding hydrogens is 470 g/mol. The number of hydrogen-bond acceptors (Lipinski definition) is 5. The van der Waals surface area contributed by atoms with Gasteiger partial charge in [-0.1, -0.05) is 19.0 Å². The second kappa shape index (κ2) is 10.9. The Labute approximate surface area is 191 Å². The lowest BCUT2D eigenvalue weighted by Gasteiger charge is -2.26. The molecule has 0 saturated heterocycles. The first-order valence-corrected chi connectivity index (χ1v) is 10.3. The van der Waals surface area contributed by atoms with Crippen molar-refractivity contribution in [1.82, 2.24) is 15.0 Å². The van der Waals surface area contributed by atoms with Gasteiger partial charge in [0.25, 0.3) is 5.91 Å². The quantitative estimate of drug-likeness (QED) is 0.522. The first kappa shape index (κ1) is 27.2. The van der Waals surface area contributed by atoms with Crippen molar-refractivity contribution in [3.05, 3.63) is 46.7 Å². The van der Waals surface area contributed by atoms with Crippen molar-refractivity contribution in [3.8, 4) is 0 Å². The Kier molecular flexibility index (Phi) is 8.70. The maximum absolute atomic E-state index is 13.2. The minimum atomic E-state index is -5.11. The van der Waals surface area contributed by atoms with Crippen molar-refractivity contribution < 1.29 is 40.5 Å². The zero-order valence-corrected chi connectivity index (χ0v) is 18.7. The predicted molar refractivity (Wildman–Crippen MR) is 110 cm³/mol. The predicted octanol–water partition coefficient (Wildman–Crippen LogP) is 4.44. The van der Waals surface area contributed by atoms with E-state index < -0.39 is 47.4 Å². The van der Waals surface area contributed by atoms with E-state index in [2.05, 4.69) is 10.5 Å². The molecule has 2 rings (SSSR count). The third-order valence-electron chi connectivity index (χ3n) is 4.93. The van der Waals surface area contributed by atoms with Gasteiger partial charge in [-0.25, -0.2) is 0 Å². The number of anilines is 1. The molecule has 2 aromatic rings. The van der Waals surface area contributed by atoms with Gasteiger partial charge in [-0.15, -0.1) is 0 Å². The van der Waals surface area contributed by atoms with Crippen LogP contribution in [0.25, 0.3) is 0 Å². The Balaban J connectivity index is 2.38. The minimum Gasteiger partial charge on any atom is -0.360 e. The molecule has 0 radical (unpaired) electrons. The lowest BCUT2D eigenvalue weighted by molar-refractivity contribution is -0.143. The molecule has 0 fully saturated rings. The van der Waals surface area contributed by atoms with Crippen LogP contribution in [-0.2, 0) is 17.1 Å². The van der Waals surface area contributed by atoms with Gasteiger partial charge in [0.1, 0.15) is 12.3 Å². The van der Waals surface area contributed by atoms with Crippen molar-refractivity contribution in [2.24, 2.45) is 0 Å². The highest BCUT2D eigenvalue weighted by Crippen LogP contribution is 2.36. The van der Waals surface area contributed by atoms with Crippen LogP contribution < -0.4 is 5.32 Å². The molecule has 1 heterocycles. The maximum Gasteiger partial charge on any atom is 0.416 e. The Morgan fingerprint density at radius 1 is 0.941 bits per heavy atom. The van der Waals surface area contributed by atoms with Gasteiger partial charge in [-0.3, -0.25) is 9.59 Å². The zero-order valence-electron chi connectivity index (χ0n) is 18.7. The number of rotatable bonds is 9. The molecule has 1 N–H and O–H groups in total. The van der Waals surface area contributed by atoms with Gasteiger partial charge < -0.3 is 19.6 Å². The van der Waals surface area contributed by atoms with Gasteiger partial charge >= 0.3 is 12.4 Å². The number of carbonyl (C=O) groups is 2. The summed E-state index contributed by atoms with van der Waals surface area (Å²) in [4.78, 5) is 28.3. The molecule has 0 spiro atoms. The SMILES string of the molecule is CCN(CC)CCN(CC(=O)Nc1cc(C)on1)C(=O)c1cc(C(F)(F)F)cc(C(F)(F)F)c1. The summed E-state index contributed by atoms with van der Waals surface area (Å²) in [5.74, 6) is -1.44. The lowest BCUT2D eigenvalue weighted by atomic mass is 10.0. The van der Waals surface area contributed by atoms with E-state index >= 15 is 0 Å². The molecular formula is C21H24F6N4O3. The van der Waals surface area contributed by atoms with E-state index in [1.54, 1.807) is 6.92 Å². The Morgan fingerprint density at radius 3 is 1.94 bits per heavy atom. The molecule has 0 atom stereocenters. The fraction of sp³-hybridized carbons (Fsp3) is 0.476. The van der Waals surface area contributed by atoms with Crippen LogP contribution in [-0.4, -0.2) is 59.5 Å². The fourth-order valence-corrected chi connectivity index (χ4v) is 3.10. The van der Waals surface area contributed by atoms with E-state index in [4.69, 9.17) is 4.52 Å². The highest BCUT2D eigenvalue weighted by molar-refractivity contribution is 5.99. The molecule has 188 valence electrons. The normalized spacial score (nSPS) is 12.2. The van der Waals surface area contributed by atoms with Crippen LogP contribution in [0.2, 0.25) is 0 Å². The number of carbonyl (C=O) groups excluding carboxylic acids is 2. The molecule has 2 amide bonds. The standard InChI is InChI=1S/C21H24F6N4O3/c1-4-30(5-2)6-7-31(12-18(32)28-17-8-13(3)34-29-17)19(33)14-9-15(20(22,23)24)11-16(10-14)21(25,26)27/h8-11H,4-7,12H2,1-3H3,(H,28,29,32). The molecule has 0 unspecified atom stereocenters. The van der Waals surface area contributed by atoms with Crippen LogP contribution in [0.4, 0.5) is 32.2 Å². The number of benzene rings is 1.